The minimum Gasteiger partial charge on any atom is -0.330 e. The molecule has 2 N–H and O–H groups in total. The molecule has 16 heavy (non-hydrogen) atoms. The SMILES string of the molecule is NCC(c1ccccc1)c1cccc(Cl)c1. The highest BCUT2D eigenvalue weighted by Gasteiger charge is 2.11. The fourth-order valence-electron chi connectivity index (χ4n) is 1.87. The molecule has 1 unspecified atom stereocenters. The zero-order valence-corrected chi connectivity index (χ0v) is 9.69. The Bertz CT molecular complexity index is 453. The van der Waals surface area contributed by atoms with Crippen LogP contribution in [-0.4, -0.2) is 6.54 Å². The minimum absolute atomic E-state index is 0.222. The third kappa shape index (κ3) is 2.43. The fraction of sp³-hybridized carbons (Fsp3) is 0.143. The molecule has 0 fully saturated rings. The van der Waals surface area contributed by atoms with Gasteiger partial charge in [-0.3, -0.25) is 0 Å². The quantitative estimate of drug-likeness (QED) is 0.861. The molecule has 0 heterocycles. The maximum atomic E-state index is 5.99. The molecule has 0 radical (unpaired) electrons. The third-order valence-electron chi connectivity index (χ3n) is 2.69. The molecule has 2 heteroatoms. The maximum absolute atomic E-state index is 5.99. The summed E-state index contributed by atoms with van der Waals surface area (Å²) in [4.78, 5) is 0. The smallest absolute Gasteiger partial charge is 0.0408 e. The van der Waals surface area contributed by atoms with Gasteiger partial charge in [-0.1, -0.05) is 54.1 Å². The highest BCUT2D eigenvalue weighted by atomic mass is 35.5. The molecule has 0 aliphatic rings. The van der Waals surface area contributed by atoms with Gasteiger partial charge in [-0.25, -0.2) is 0 Å². The molecule has 2 aromatic rings. The molecule has 2 rings (SSSR count). The lowest BCUT2D eigenvalue weighted by Crippen LogP contribution is -2.13. The first-order valence-electron chi connectivity index (χ1n) is 5.31. The summed E-state index contributed by atoms with van der Waals surface area (Å²) in [5.74, 6) is 0.222. The van der Waals surface area contributed by atoms with E-state index >= 15 is 0 Å². The van der Waals surface area contributed by atoms with E-state index in [-0.39, 0.29) is 5.92 Å². The second-order valence-electron chi connectivity index (χ2n) is 3.75. The molecule has 2 aromatic carbocycles. The standard InChI is InChI=1S/C14H14ClN/c15-13-8-4-7-12(9-13)14(10-16)11-5-2-1-3-6-11/h1-9,14H,10,16H2. The Morgan fingerprint density at radius 1 is 0.938 bits per heavy atom. The molecule has 1 atom stereocenters. The van der Waals surface area contributed by atoms with E-state index in [0.29, 0.717) is 6.54 Å². The van der Waals surface area contributed by atoms with Crippen LogP contribution in [0.5, 0.6) is 0 Å². The first-order chi connectivity index (χ1) is 7.81. The van der Waals surface area contributed by atoms with E-state index in [2.05, 4.69) is 18.2 Å². The highest BCUT2D eigenvalue weighted by molar-refractivity contribution is 6.30. The fourth-order valence-corrected chi connectivity index (χ4v) is 2.07. The Balaban J connectivity index is 2.37. The van der Waals surface area contributed by atoms with Crippen LogP contribution in [0.4, 0.5) is 0 Å². The van der Waals surface area contributed by atoms with Gasteiger partial charge in [-0.15, -0.1) is 0 Å². The Labute approximate surface area is 101 Å². The summed E-state index contributed by atoms with van der Waals surface area (Å²) in [5, 5.41) is 0.756. The average Bonchev–Trinajstić information content (AvgIpc) is 2.31. The molecule has 0 aliphatic carbocycles. The van der Waals surface area contributed by atoms with Gasteiger partial charge in [-0.05, 0) is 23.3 Å². The van der Waals surface area contributed by atoms with E-state index in [9.17, 15) is 0 Å². The summed E-state index contributed by atoms with van der Waals surface area (Å²) in [6, 6.07) is 18.1. The van der Waals surface area contributed by atoms with Crippen LogP contribution in [0.25, 0.3) is 0 Å². The Morgan fingerprint density at radius 2 is 1.62 bits per heavy atom. The maximum Gasteiger partial charge on any atom is 0.0408 e. The van der Waals surface area contributed by atoms with Crippen molar-refractivity contribution in [2.24, 2.45) is 5.73 Å². The lowest BCUT2D eigenvalue weighted by molar-refractivity contribution is 0.819. The molecule has 0 spiro atoms. The van der Waals surface area contributed by atoms with Crippen LogP contribution in [0.2, 0.25) is 5.02 Å². The lowest BCUT2D eigenvalue weighted by atomic mass is 9.91. The van der Waals surface area contributed by atoms with Gasteiger partial charge >= 0.3 is 0 Å². The van der Waals surface area contributed by atoms with Crippen molar-refractivity contribution in [1.29, 1.82) is 0 Å². The average molecular weight is 232 g/mol. The first-order valence-corrected chi connectivity index (χ1v) is 5.69. The van der Waals surface area contributed by atoms with Gasteiger partial charge in [0.25, 0.3) is 0 Å². The Kier molecular flexibility index (Phi) is 3.60. The molecular weight excluding hydrogens is 218 g/mol. The van der Waals surface area contributed by atoms with Crippen LogP contribution in [0, 0.1) is 0 Å². The monoisotopic (exact) mass is 231 g/mol. The molecule has 0 aromatic heterocycles. The number of hydrogen-bond donors (Lipinski definition) is 1. The van der Waals surface area contributed by atoms with E-state index in [0.717, 1.165) is 5.02 Å². The predicted molar refractivity (Wildman–Crippen MR) is 68.8 cm³/mol. The number of rotatable bonds is 3. The molecule has 0 saturated heterocycles. The third-order valence-corrected chi connectivity index (χ3v) is 2.92. The molecule has 0 saturated carbocycles. The van der Waals surface area contributed by atoms with Crippen molar-refractivity contribution >= 4 is 11.6 Å². The minimum atomic E-state index is 0.222. The van der Waals surface area contributed by atoms with Crippen LogP contribution in [-0.2, 0) is 0 Å². The zero-order chi connectivity index (χ0) is 11.4. The van der Waals surface area contributed by atoms with Crippen molar-refractivity contribution in [3.05, 3.63) is 70.7 Å². The van der Waals surface area contributed by atoms with Crippen LogP contribution >= 0.6 is 11.6 Å². The Hall–Kier alpha value is -1.31. The Morgan fingerprint density at radius 3 is 2.25 bits per heavy atom. The van der Waals surface area contributed by atoms with Crippen molar-refractivity contribution in [2.75, 3.05) is 6.54 Å². The van der Waals surface area contributed by atoms with Crippen LogP contribution in [0.3, 0.4) is 0 Å². The van der Waals surface area contributed by atoms with Crippen LogP contribution in [0.15, 0.2) is 54.6 Å². The summed E-state index contributed by atoms with van der Waals surface area (Å²) in [5.41, 5.74) is 8.24. The number of benzene rings is 2. The summed E-state index contributed by atoms with van der Waals surface area (Å²) in [7, 11) is 0. The molecule has 0 amide bonds. The largest absolute Gasteiger partial charge is 0.330 e. The molecule has 82 valence electrons. The molecule has 0 aliphatic heterocycles. The van der Waals surface area contributed by atoms with Gasteiger partial charge in [0.15, 0.2) is 0 Å². The number of nitrogens with two attached hydrogens (primary N) is 1. The molecular formula is C14H14ClN. The van der Waals surface area contributed by atoms with Gasteiger partial charge in [0.2, 0.25) is 0 Å². The van der Waals surface area contributed by atoms with Crippen molar-refractivity contribution in [2.45, 2.75) is 5.92 Å². The first kappa shape index (κ1) is 11.2. The zero-order valence-electron chi connectivity index (χ0n) is 8.94. The normalized spacial score (nSPS) is 12.4. The molecule has 1 nitrogen and oxygen atoms in total. The summed E-state index contributed by atoms with van der Waals surface area (Å²) in [6.07, 6.45) is 0. The highest BCUT2D eigenvalue weighted by Crippen LogP contribution is 2.25. The lowest BCUT2D eigenvalue weighted by Gasteiger charge is -2.15. The van der Waals surface area contributed by atoms with Crippen molar-refractivity contribution in [3.63, 3.8) is 0 Å². The van der Waals surface area contributed by atoms with Crippen LogP contribution in [0.1, 0.15) is 17.0 Å². The topological polar surface area (TPSA) is 26.0 Å². The molecule has 0 bridgehead atoms. The second kappa shape index (κ2) is 5.15. The summed E-state index contributed by atoms with van der Waals surface area (Å²) < 4.78 is 0. The summed E-state index contributed by atoms with van der Waals surface area (Å²) in [6.45, 7) is 0.588. The van der Waals surface area contributed by atoms with Crippen LogP contribution < -0.4 is 5.73 Å². The van der Waals surface area contributed by atoms with Crippen molar-refractivity contribution in [1.82, 2.24) is 0 Å². The van der Waals surface area contributed by atoms with E-state index in [1.807, 2.05) is 36.4 Å². The number of hydrogen-bond acceptors (Lipinski definition) is 1. The van der Waals surface area contributed by atoms with E-state index in [1.54, 1.807) is 0 Å². The van der Waals surface area contributed by atoms with E-state index in [4.69, 9.17) is 17.3 Å². The van der Waals surface area contributed by atoms with Gasteiger partial charge in [0, 0.05) is 17.5 Å². The van der Waals surface area contributed by atoms with E-state index < -0.39 is 0 Å². The van der Waals surface area contributed by atoms with Gasteiger partial charge in [0.05, 0.1) is 0 Å². The van der Waals surface area contributed by atoms with Gasteiger partial charge < -0.3 is 5.73 Å². The predicted octanol–water partition coefficient (Wildman–Crippen LogP) is 3.43. The van der Waals surface area contributed by atoms with Gasteiger partial charge in [0.1, 0.15) is 0 Å². The van der Waals surface area contributed by atoms with Crippen molar-refractivity contribution in [3.8, 4) is 0 Å². The van der Waals surface area contributed by atoms with Gasteiger partial charge in [-0.2, -0.15) is 0 Å². The second-order valence-corrected chi connectivity index (χ2v) is 4.19. The van der Waals surface area contributed by atoms with Crippen molar-refractivity contribution < 1.29 is 0 Å². The number of halogens is 1. The van der Waals surface area contributed by atoms with E-state index in [1.165, 1.54) is 11.1 Å². The summed E-state index contributed by atoms with van der Waals surface area (Å²) >= 11 is 5.99.